The third-order valence-electron chi connectivity index (χ3n) is 4.79. The molecule has 2 aliphatic rings. The van der Waals surface area contributed by atoms with Gasteiger partial charge in [-0.05, 0) is 37.8 Å². The molecule has 1 aromatic rings. The molecule has 4 nitrogen and oxygen atoms in total. The monoisotopic (exact) mass is 290 g/mol. The maximum absolute atomic E-state index is 6.06. The van der Waals surface area contributed by atoms with E-state index in [1.165, 1.54) is 12.0 Å². The van der Waals surface area contributed by atoms with Crippen molar-refractivity contribution in [3.8, 4) is 0 Å². The highest BCUT2D eigenvalue weighted by Gasteiger charge is 2.45. The van der Waals surface area contributed by atoms with Crippen LogP contribution in [0.1, 0.15) is 31.7 Å². The molecule has 0 aliphatic carbocycles. The van der Waals surface area contributed by atoms with Crippen LogP contribution in [0, 0.1) is 5.41 Å². The van der Waals surface area contributed by atoms with Gasteiger partial charge in [0, 0.05) is 50.7 Å². The van der Waals surface area contributed by atoms with E-state index in [2.05, 4.69) is 22.9 Å². The van der Waals surface area contributed by atoms with E-state index in [4.69, 9.17) is 9.47 Å². The Morgan fingerprint density at radius 2 is 2.48 bits per heavy atom. The van der Waals surface area contributed by atoms with E-state index in [1.807, 2.05) is 18.5 Å². The Hall–Kier alpha value is -0.970. The van der Waals surface area contributed by atoms with Crippen molar-refractivity contribution < 1.29 is 9.47 Å². The molecule has 0 spiro atoms. The number of likely N-dealkylation sites (tertiary alicyclic amines) is 1. The molecule has 116 valence electrons. The Morgan fingerprint density at radius 3 is 3.29 bits per heavy atom. The van der Waals surface area contributed by atoms with Gasteiger partial charge in [-0.2, -0.15) is 0 Å². The molecule has 3 heterocycles. The number of fused-ring (bicyclic) bond motifs is 1. The Labute approximate surface area is 127 Å². The first kappa shape index (κ1) is 14.9. The number of hydrogen-bond acceptors (Lipinski definition) is 4. The summed E-state index contributed by atoms with van der Waals surface area (Å²) >= 11 is 0. The largest absolute Gasteiger partial charge is 0.381 e. The fraction of sp³-hybridized carbons (Fsp3) is 0.706. The topological polar surface area (TPSA) is 34.6 Å². The average Bonchev–Trinajstić information content (AvgIpc) is 2.54. The van der Waals surface area contributed by atoms with Crippen LogP contribution in [0.2, 0.25) is 0 Å². The Morgan fingerprint density at radius 1 is 1.52 bits per heavy atom. The minimum absolute atomic E-state index is 0.189. The number of piperidine rings is 1. The van der Waals surface area contributed by atoms with Gasteiger partial charge in [0.25, 0.3) is 0 Å². The van der Waals surface area contributed by atoms with Gasteiger partial charge in [-0.25, -0.2) is 0 Å². The number of hydrogen-bond donors (Lipinski definition) is 0. The van der Waals surface area contributed by atoms with Crippen LogP contribution in [-0.4, -0.2) is 48.9 Å². The quantitative estimate of drug-likeness (QED) is 0.834. The minimum atomic E-state index is 0.189. The van der Waals surface area contributed by atoms with Crippen molar-refractivity contribution >= 4 is 0 Å². The Kier molecular flexibility index (Phi) is 4.88. The Bertz CT molecular complexity index is 440. The molecule has 0 bridgehead atoms. The first-order chi connectivity index (χ1) is 10.3. The van der Waals surface area contributed by atoms with Crippen LogP contribution in [0.25, 0.3) is 0 Å². The average molecular weight is 290 g/mol. The van der Waals surface area contributed by atoms with E-state index in [1.54, 1.807) is 0 Å². The lowest BCUT2D eigenvalue weighted by molar-refractivity contribution is -0.153. The summed E-state index contributed by atoms with van der Waals surface area (Å²) in [4.78, 5) is 6.77. The summed E-state index contributed by atoms with van der Waals surface area (Å²) in [7, 11) is 0. The van der Waals surface area contributed by atoms with Crippen molar-refractivity contribution in [1.29, 1.82) is 0 Å². The molecule has 0 aromatic carbocycles. The number of pyridine rings is 1. The summed E-state index contributed by atoms with van der Waals surface area (Å²) in [6.45, 7) is 7.77. The molecule has 2 atom stereocenters. The number of rotatable bonds is 5. The molecule has 2 fully saturated rings. The second-order valence-corrected chi connectivity index (χ2v) is 6.32. The van der Waals surface area contributed by atoms with E-state index in [-0.39, 0.29) is 5.41 Å². The fourth-order valence-corrected chi connectivity index (χ4v) is 3.78. The summed E-state index contributed by atoms with van der Waals surface area (Å²) in [6.07, 6.45) is 7.68. The zero-order valence-electron chi connectivity index (χ0n) is 13.0. The van der Waals surface area contributed by atoms with Gasteiger partial charge < -0.3 is 9.47 Å². The maximum Gasteiger partial charge on any atom is 0.0677 e. The van der Waals surface area contributed by atoms with Crippen molar-refractivity contribution in [3.05, 3.63) is 30.1 Å². The van der Waals surface area contributed by atoms with Gasteiger partial charge in [-0.1, -0.05) is 6.07 Å². The van der Waals surface area contributed by atoms with Gasteiger partial charge in [-0.15, -0.1) is 0 Å². The van der Waals surface area contributed by atoms with Gasteiger partial charge >= 0.3 is 0 Å². The van der Waals surface area contributed by atoms with E-state index in [0.717, 1.165) is 52.3 Å². The van der Waals surface area contributed by atoms with Crippen LogP contribution in [0.4, 0.5) is 0 Å². The molecule has 0 radical (unpaired) electrons. The number of nitrogens with zero attached hydrogens (tertiary/aromatic N) is 2. The predicted molar refractivity (Wildman–Crippen MR) is 82.0 cm³/mol. The van der Waals surface area contributed by atoms with Gasteiger partial charge in [0.15, 0.2) is 0 Å². The molecule has 4 heteroatoms. The van der Waals surface area contributed by atoms with Crippen LogP contribution < -0.4 is 0 Å². The van der Waals surface area contributed by atoms with Crippen molar-refractivity contribution in [2.45, 2.75) is 38.8 Å². The van der Waals surface area contributed by atoms with Crippen LogP contribution >= 0.6 is 0 Å². The number of ether oxygens (including phenoxy) is 2. The van der Waals surface area contributed by atoms with Crippen LogP contribution in [-0.2, 0) is 16.0 Å². The molecule has 0 amide bonds. The molecule has 0 unspecified atom stereocenters. The van der Waals surface area contributed by atoms with Gasteiger partial charge in [0.1, 0.15) is 0 Å². The standard InChI is InChI=1S/C17H26N2O2/c1-2-20-14-17-7-4-10-21-16(17)6-9-19(13-17)12-15-5-3-8-18-11-15/h3,5,8,11,16H,2,4,6-7,9-10,12-14H2,1H3/t16-,17+/m0/s1. The molecular weight excluding hydrogens is 264 g/mol. The molecule has 1 aromatic heterocycles. The molecule has 2 aliphatic heterocycles. The maximum atomic E-state index is 6.06. The van der Waals surface area contributed by atoms with Crippen LogP contribution in [0.15, 0.2) is 24.5 Å². The fourth-order valence-electron chi connectivity index (χ4n) is 3.78. The summed E-state index contributed by atoms with van der Waals surface area (Å²) in [5, 5.41) is 0. The van der Waals surface area contributed by atoms with Crippen molar-refractivity contribution in [3.63, 3.8) is 0 Å². The smallest absolute Gasteiger partial charge is 0.0677 e. The molecular formula is C17H26N2O2. The highest BCUT2D eigenvalue weighted by Crippen LogP contribution is 2.40. The SMILES string of the molecule is CCOC[C@]12CCCO[C@H]1CCN(Cc1cccnc1)C2. The first-order valence-corrected chi connectivity index (χ1v) is 8.13. The highest BCUT2D eigenvalue weighted by atomic mass is 16.5. The normalized spacial score (nSPS) is 30.0. The Balaban J connectivity index is 1.68. The first-order valence-electron chi connectivity index (χ1n) is 8.13. The summed E-state index contributed by atoms with van der Waals surface area (Å²) in [6, 6.07) is 4.17. The van der Waals surface area contributed by atoms with E-state index in [0.29, 0.717) is 6.10 Å². The van der Waals surface area contributed by atoms with Gasteiger partial charge in [0.2, 0.25) is 0 Å². The second-order valence-electron chi connectivity index (χ2n) is 6.32. The molecule has 0 saturated carbocycles. The molecule has 3 rings (SSSR count). The van der Waals surface area contributed by atoms with Crippen LogP contribution in [0.5, 0.6) is 0 Å². The summed E-state index contributed by atoms with van der Waals surface area (Å²) in [5.41, 5.74) is 1.48. The van der Waals surface area contributed by atoms with E-state index < -0.39 is 0 Å². The highest BCUT2D eigenvalue weighted by molar-refractivity contribution is 5.09. The zero-order chi connectivity index (χ0) is 14.5. The third-order valence-corrected chi connectivity index (χ3v) is 4.79. The summed E-state index contributed by atoms with van der Waals surface area (Å²) in [5.74, 6) is 0. The molecule has 21 heavy (non-hydrogen) atoms. The van der Waals surface area contributed by atoms with E-state index in [9.17, 15) is 0 Å². The lowest BCUT2D eigenvalue weighted by Crippen LogP contribution is -2.56. The lowest BCUT2D eigenvalue weighted by Gasteiger charge is -2.50. The third kappa shape index (κ3) is 3.44. The van der Waals surface area contributed by atoms with E-state index >= 15 is 0 Å². The zero-order valence-corrected chi connectivity index (χ0v) is 13.0. The second kappa shape index (κ2) is 6.86. The van der Waals surface area contributed by atoms with Crippen LogP contribution in [0.3, 0.4) is 0 Å². The number of aromatic nitrogens is 1. The molecule has 2 saturated heterocycles. The van der Waals surface area contributed by atoms with Crippen molar-refractivity contribution in [1.82, 2.24) is 9.88 Å². The predicted octanol–water partition coefficient (Wildman–Crippen LogP) is 2.49. The summed E-state index contributed by atoms with van der Waals surface area (Å²) < 4.78 is 11.9. The van der Waals surface area contributed by atoms with Gasteiger partial charge in [0.05, 0.1) is 12.7 Å². The molecule has 0 N–H and O–H groups in total. The lowest BCUT2D eigenvalue weighted by atomic mass is 9.73. The van der Waals surface area contributed by atoms with Crippen molar-refractivity contribution in [2.24, 2.45) is 5.41 Å². The minimum Gasteiger partial charge on any atom is -0.381 e. The van der Waals surface area contributed by atoms with Crippen molar-refractivity contribution in [2.75, 3.05) is 32.9 Å². The van der Waals surface area contributed by atoms with Gasteiger partial charge in [-0.3, -0.25) is 9.88 Å².